The van der Waals surface area contributed by atoms with Crippen molar-refractivity contribution >= 4 is 40.0 Å². The Balaban J connectivity index is 1.39. The summed E-state index contributed by atoms with van der Waals surface area (Å²) in [4.78, 5) is 17.2. The monoisotopic (exact) mass is 453 g/mol. The number of imidazole rings is 1. The molecule has 1 amide bonds. The minimum absolute atomic E-state index is 0.207. The Morgan fingerprint density at radius 2 is 1.97 bits per heavy atom. The zero-order valence-corrected chi connectivity index (χ0v) is 19.0. The van der Waals surface area contributed by atoms with E-state index in [2.05, 4.69) is 26.1 Å². The van der Waals surface area contributed by atoms with Crippen LogP contribution < -0.4 is 5.32 Å². The van der Waals surface area contributed by atoms with Gasteiger partial charge in [-0.25, -0.2) is 4.98 Å². The highest BCUT2D eigenvalue weighted by Crippen LogP contribution is 2.27. The van der Waals surface area contributed by atoms with Crippen LogP contribution in [-0.4, -0.2) is 39.4 Å². The maximum Gasteiger partial charge on any atom is 0.282 e. The van der Waals surface area contributed by atoms with Gasteiger partial charge >= 0.3 is 0 Å². The van der Waals surface area contributed by atoms with Gasteiger partial charge in [0.2, 0.25) is 5.01 Å². The van der Waals surface area contributed by atoms with Crippen molar-refractivity contribution in [3.05, 3.63) is 69.7 Å². The molecular weight excluding hydrogens is 430 g/mol. The average molecular weight is 454 g/mol. The van der Waals surface area contributed by atoms with E-state index in [9.17, 15) is 4.79 Å². The van der Waals surface area contributed by atoms with Gasteiger partial charge in [-0.05, 0) is 24.6 Å². The molecule has 0 saturated carbocycles. The lowest BCUT2D eigenvalue weighted by atomic mass is 10.1. The third kappa shape index (κ3) is 5.30. The Kier molecular flexibility index (Phi) is 6.96. The van der Waals surface area contributed by atoms with E-state index in [1.165, 1.54) is 16.9 Å². The summed E-state index contributed by atoms with van der Waals surface area (Å²) in [6.07, 6.45) is 0. The second-order valence-electron chi connectivity index (χ2n) is 6.99. The fraction of sp³-hybridized carbons (Fsp3) is 0.273. The van der Waals surface area contributed by atoms with E-state index in [1.54, 1.807) is 18.9 Å². The molecule has 1 N–H and O–H groups in total. The van der Waals surface area contributed by atoms with Crippen LogP contribution in [-0.2, 0) is 23.6 Å². The largest absolute Gasteiger partial charge is 0.383 e. The number of ether oxygens (including phenoxy) is 1. The van der Waals surface area contributed by atoms with Crippen molar-refractivity contribution in [1.82, 2.24) is 25.1 Å². The highest BCUT2D eigenvalue weighted by Gasteiger charge is 2.15. The zero-order chi connectivity index (χ0) is 21.6. The van der Waals surface area contributed by atoms with Gasteiger partial charge in [-0.2, -0.15) is 0 Å². The van der Waals surface area contributed by atoms with Crippen molar-refractivity contribution in [2.24, 2.45) is 0 Å². The Labute approximate surface area is 188 Å². The quantitative estimate of drug-likeness (QED) is 0.385. The number of thioether (sulfide) groups is 1. The second kappa shape index (κ2) is 10.0. The molecule has 9 heteroatoms. The first kappa shape index (κ1) is 21.5. The molecule has 4 aromatic rings. The number of fused-ring (bicyclic) bond motifs is 1. The Bertz CT molecular complexity index is 1170. The number of aryl methyl sites for hydroxylation is 1. The van der Waals surface area contributed by atoms with Crippen LogP contribution in [0.1, 0.15) is 25.9 Å². The molecule has 31 heavy (non-hydrogen) atoms. The van der Waals surface area contributed by atoms with E-state index in [1.807, 2.05) is 49.4 Å². The third-order valence-electron chi connectivity index (χ3n) is 4.70. The maximum absolute atomic E-state index is 12.4. The van der Waals surface area contributed by atoms with Crippen LogP contribution in [0.2, 0.25) is 0 Å². The van der Waals surface area contributed by atoms with Gasteiger partial charge in [0, 0.05) is 20.2 Å². The van der Waals surface area contributed by atoms with Gasteiger partial charge in [-0.3, -0.25) is 4.79 Å². The van der Waals surface area contributed by atoms with Crippen LogP contribution in [0, 0.1) is 6.92 Å². The highest BCUT2D eigenvalue weighted by molar-refractivity contribution is 7.98. The molecule has 0 aliphatic rings. The smallest absolute Gasteiger partial charge is 0.282 e. The van der Waals surface area contributed by atoms with Crippen LogP contribution in [0.5, 0.6) is 0 Å². The first-order valence-corrected chi connectivity index (χ1v) is 11.7. The van der Waals surface area contributed by atoms with Crippen LogP contribution in [0.4, 0.5) is 0 Å². The molecule has 0 fully saturated rings. The number of aromatic nitrogens is 4. The molecule has 2 heterocycles. The number of para-hydroxylation sites is 2. The zero-order valence-electron chi connectivity index (χ0n) is 17.4. The van der Waals surface area contributed by atoms with Crippen molar-refractivity contribution in [3.8, 4) is 0 Å². The number of carbonyl (C=O) groups is 1. The minimum atomic E-state index is -0.207. The first-order valence-electron chi connectivity index (χ1n) is 9.87. The van der Waals surface area contributed by atoms with E-state index in [4.69, 9.17) is 9.72 Å². The van der Waals surface area contributed by atoms with Crippen molar-refractivity contribution in [2.75, 3.05) is 13.7 Å². The Morgan fingerprint density at radius 1 is 1.16 bits per heavy atom. The van der Waals surface area contributed by atoms with Gasteiger partial charge in [0.1, 0.15) is 5.01 Å². The van der Waals surface area contributed by atoms with Gasteiger partial charge in [-0.1, -0.05) is 65.1 Å². The van der Waals surface area contributed by atoms with E-state index >= 15 is 0 Å². The van der Waals surface area contributed by atoms with E-state index in [0.717, 1.165) is 33.3 Å². The van der Waals surface area contributed by atoms with Crippen molar-refractivity contribution < 1.29 is 9.53 Å². The van der Waals surface area contributed by atoms with Crippen LogP contribution >= 0.6 is 23.1 Å². The number of nitrogens with zero attached hydrogens (tertiary/aromatic N) is 4. The molecule has 160 valence electrons. The summed E-state index contributed by atoms with van der Waals surface area (Å²) in [7, 11) is 1.69. The molecule has 0 aliphatic carbocycles. The number of methoxy groups -OCH3 is 1. The molecule has 4 rings (SSSR count). The normalized spacial score (nSPS) is 11.2. The lowest BCUT2D eigenvalue weighted by Crippen LogP contribution is -2.22. The predicted octanol–water partition coefficient (Wildman–Crippen LogP) is 4.06. The summed E-state index contributed by atoms with van der Waals surface area (Å²) in [6, 6.07) is 16.1. The van der Waals surface area contributed by atoms with Crippen LogP contribution in [0.3, 0.4) is 0 Å². The summed E-state index contributed by atoms with van der Waals surface area (Å²) in [5, 5.41) is 13.2. The fourth-order valence-corrected chi connectivity index (χ4v) is 4.84. The number of benzene rings is 2. The molecule has 0 unspecified atom stereocenters. The van der Waals surface area contributed by atoms with Gasteiger partial charge < -0.3 is 14.6 Å². The van der Waals surface area contributed by atoms with Gasteiger partial charge in [0.25, 0.3) is 5.91 Å². The molecule has 0 bridgehead atoms. The van der Waals surface area contributed by atoms with Crippen LogP contribution in [0.25, 0.3) is 11.0 Å². The second-order valence-corrected chi connectivity index (χ2v) is 8.99. The van der Waals surface area contributed by atoms with Gasteiger partial charge in [0.15, 0.2) is 5.16 Å². The molecule has 0 saturated heterocycles. The maximum atomic E-state index is 12.4. The minimum Gasteiger partial charge on any atom is -0.383 e. The number of rotatable bonds is 9. The topological polar surface area (TPSA) is 81.9 Å². The standard InChI is InChI=1S/C22H23N5O2S2/c1-15-7-9-16(10-8-15)13-23-20(28)21-26-25-19(31-21)14-30-22-24-17-5-3-4-6-18(17)27(22)11-12-29-2/h3-10H,11-14H2,1-2H3,(H,23,28). The molecule has 2 aromatic carbocycles. The summed E-state index contributed by atoms with van der Waals surface area (Å²) in [5.41, 5.74) is 4.27. The molecule has 0 spiro atoms. The highest BCUT2D eigenvalue weighted by atomic mass is 32.2. The molecule has 0 radical (unpaired) electrons. The third-order valence-corrected chi connectivity index (χ3v) is 6.79. The lowest BCUT2D eigenvalue weighted by molar-refractivity contribution is 0.0950. The number of hydrogen-bond acceptors (Lipinski definition) is 7. The number of carbonyl (C=O) groups excluding carboxylic acids is 1. The Hall–Kier alpha value is -2.75. The molecule has 0 aliphatic heterocycles. The predicted molar refractivity (Wildman–Crippen MR) is 123 cm³/mol. The number of amides is 1. The summed E-state index contributed by atoms with van der Waals surface area (Å²) in [5.74, 6) is 0.390. The van der Waals surface area contributed by atoms with Gasteiger partial charge in [0.05, 0.1) is 23.4 Å². The molecular formula is C22H23N5O2S2. The van der Waals surface area contributed by atoms with E-state index in [0.29, 0.717) is 23.9 Å². The van der Waals surface area contributed by atoms with E-state index in [-0.39, 0.29) is 5.91 Å². The van der Waals surface area contributed by atoms with Gasteiger partial charge in [-0.15, -0.1) is 10.2 Å². The molecule has 7 nitrogen and oxygen atoms in total. The van der Waals surface area contributed by atoms with Crippen molar-refractivity contribution in [2.45, 2.75) is 30.9 Å². The summed E-state index contributed by atoms with van der Waals surface area (Å²) >= 11 is 2.90. The Morgan fingerprint density at radius 3 is 2.77 bits per heavy atom. The van der Waals surface area contributed by atoms with E-state index < -0.39 is 0 Å². The van der Waals surface area contributed by atoms with Crippen molar-refractivity contribution in [3.63, 3.8) is 0 Å². The number of nitrogens with one attached hydrogen (secondary N) is 1. The molecule has 0 atom stereocenters. The van der Waals surface area contributed by atoms with Crippen molar-refractivity contribution in [1.29, 1.82) is 0 Å². The lowest BCUT2D eigenvalue weighted by Gasteiger charge is -2.07. The summed E-state index contributed by atoms with van der Waals surface area (Å²) in [6.45, 7) is 3.84. The summed E-state index contributed by atoms with van der Waals surface area (Å²) < 4.78 is 7.40. The SMILES string of the molecule is COCCn1c(SCc2nnc(C(=O)NCc3ccc(C)cc3)s2)nc2ccccc21. The molecule has 2 aromatic heterocycles. The van der Waals surface area contributed by atoms with Crippen LogP contribution in [0.15, 0.2) is 53.7 Å². The number of hydrogen-bond donors (Lipinski definition) is 1. The average Bonchev–Trinajstić information content (AvgIpc) is 3.40. The fourth-order valence-electron chi connectivity index (χ4n) is 3.06. The first-order chi connectivity index (χ1) is 15.1.